The molecule has 1 saturated carbocycles. The first-order chi connectivity index (χ1) is 9.36. The summed E-state index contributed by atoms with van der Waals surface area (Å²) in [6.45, 7) is 13.2. The van der Waals surface area contributed by atoms with Crippen LogP contribution in [0.15, 0.2) is 0 Å². The van der Waals surface area contributed by atoms with E-state index >= 15 is 0 Å². The lowest BCUT2D eigenvalue weighted by Gasteiger charge is -2.41. The monoisotopic (exact) mass is 286 g/mol. The Hall–Kier alpha value is -0.120. The molecule has 1 rings (SSSR count). The van der Waals surface area contributed by atoms with Crippen LogP contribution in [0, 0.1) is 17.3 Å². The van der Waals surface area contributed by atoms with Crippen molar-refractivity contribution in [3.05, 3.63) is 0 Å². The second kappa shape index (κ2) is 8.35. The van der Waals surface area contributed by atoms with Crippen LogP contribution in [0.5, 0.6) is 0 Å². The zero-order valence-electron chi connectivity index (χ0n) is 14.0. The van der Waals surface area contributed by atoms with E-state index in [9.17, 15) is 5.11 Å². The number of rotatable bonds is 8. The summed E-state index contributed by atoms with van der Waals surface area (Å²) in [5, 5.41) is 10.1. The third kappa shape index (κ3) is 5.71. The van der Waals surface area contributed by atoms with Gasteiger partial charge in [0.05, 0.1) is 25.4 Å². The molecule has 1 aliphatic rings. The highest BCUT2D eigenvalue weighted by Crippen LogP contribution is 2.41. The van der Waals surface area contributed by atoms with E-state index < -0.39 is 0 Å². The van der Waals surface area contributed by atoms with Crippen molar-refractivity contribution >= 4 is 0 Å². The standard InChI is InChI=1S/C17H34O3/c1-6-17(4,5)14-7-8-15(18)16(11-14)20-10-9-19-12-13(2)3/h13-16,18H,6-12H2,1-5H3. The third-order valence-electron chi connectivity index (χ3n) is 4.78. The molecule has 120 valence electrons. The zero-order valence-corrected chi connectivity index (χ0v) is 14.0. The summed E-state index contributed by atoms with van der Waals surface area (Å²) in [7, 11) is 0. The molecule has 3 unspecified atom stereocenters. The van der Waals surface area contributed by atoms with Gasteiger partial charge in [-0.05, 0) is 36.5 Å². The fourth-order valence-corrected chi connectivity index (χ4v) is 2.87. The Morgan fingerprint density at radius 3 is 2.50 bits per heavy atom. The summed E-state index contributed by atoms with van der Waals surface area (Å²) >= 11 is 0. The van der Waals surface area contributed by atoms with Crippen molar-refractivity contribution in [1.29, 1.82) is 0 Å². The quantitative estimate of drug-likeness (QED) is 0.692. The maximum absolute atomic E-state index is 10.1. The minimum atomic E-state index is -0.302. The Morgan fingerprint density at radius 1 is 1.20 bits per heavy atom. The lowest BCUT2D eigenvalue weighted by molar-refractivity contribution is -0.0973. The van der Waals surface area contributed by atoms with E-state index in [2.05, 4.69) is 34.6 Å². The molecule has 0 aromatic rings. The van der Waals surface area contributed by atoms with Crippen molar-refractivity contribution in [3.63, 3.8) is 0 Å². The molecule has 0 bridgehead atoms. The van der Waals surface area contributed by atoms with Gasteiger partial charge in [0.25, 0.3) is 0 Å². The van der Waals surface area contributed by atoms with Gasteiger partial charge in [0.1, 0.15) is 0 Å². The van der Waals surface area contributed by atoms with Gasteiger partial charge in [-0.15, -0.1) is 0 Å². The summed E-state index contributed by atoms with van der Waals surface area (Å²) in [6.07, 6.45) is 3.83. The molecule has 0 radical (unpaired) electrons. The van der Waals surface area contributed by atoms with E-state index in [0.717, 1.165) is 25.9 Å². The van der Waals surface area contributed by atoms with Crippen molar-refractivity contribution in [2.24, 2.45) is 17.3 Å². The lowest BCUT2D eigenvalue weighted by atomic mass is 9.68. The molecular formula is C17H34O3. The lowest BCUT2D eigenvalue weighted by Crippen LogP contribution is -2.41. The fourth-order valence-electron chi connectivity index (χ4n) is 2.87. The summed E-state index contributed by atoms with van der Waals surface area (Å²) in [6, 6.07) is 0. The van der Waals surface area contributed by atoms with Gasteiger partial charge in [-0.3, -0.25) is 0 Å². The Balaban J connectivity index is 2.32. The predicted molar refractivity (Wildman–Crippen MR) is 82.8 cm³/mol. The van der Waals surface area contributed by atoms with E-state index in [1.165, 1.54) is 6.42 Å². The largest absolute Gasteiger partial charge is 0.390 e. The van der Waals surface area contributed by atoms with Crippen molar-refractivity contribution in [2.45, 2.75) is 72.5 Å². The molecule has 3 heteroatoms. The Bertz CT molecular complexity index is 263. The van der Waals surface area contributed by atoms with Crippen LogP contribution in [0.3, 0.4) is 0 Å². The van der Waals surface area contributed by atoms with Crippen LogP contribution in [0.4, 0.5) is 0 Å². The maximum atomic E-state index is 10.1. The van der Waals surface area contributed by atoms with E-state index in [-0.39, 0.29) is 12.2 Å². The van der Waals surface area contributed by atoms with E-state index in [4.69, 9.17) is 9.47 Å². The highest BCUT2D eigenvalue weighted by atomic mass is 16.5. The molecule has 0 amide bonds. The number of aliphatic hydroxyl groups is 1. The van der Waals surface area contributed by atoms with Crippen LogP contribution < -0.4 is 0 Å². The summed E-state index contributed by atoms with van der Waals surface area (Å²) < 4.78 is 11.4. The SMILES string of the molecule is CCC(C)(C)C1CCC(O)C(OCCOCC(C)C)C1. The van der Waals surface area contributed by atoms with Gasteiger partial charge < -0.3 is 14.6 Å². The van der Waals surface area contributed by atoms with Crippen LogP contribution in [-0.4, -0.2) is 37.1 Å². The molecule has 3 nitrogen and oxygen atoms in total. The average Bonchev–Trinajstić information content (AvgIpc) is 2.39. The maximum Gasteiger partial charge on any atom is 0.0837 e. The van der Waals surface area contributed by atoms with Gasteiger partial charge in [-0.2, -0.15) is 0 Å². The van der Waals surface area contributed by atoms with Crippen molar-refractivity contribution in [1.82, 2.24) is 0 Å². The van der Waals surface area contributed by atoms with Gasteiger partial charge in [0.2, 0.25) is 0 Å². The molecule has 0 aromatic heterocycles. The second-order valence-corrected chi connectivity index (χ2v) is 7.30. The highest BCUT2D eigenvalue weighted by molar-refractivity contribution is 4.87. The Morgan fingerprint density at radius 2 is 1.90 bits per heavy atom. The Labute approximate surface area is 125 Å². The zero-order chi connectivity index (χ0) is 15.2. The molecule has 1 fully saturated rings. The van der Waals surface area contributed by atoms with Crippen LogP contribution in [0.25, 0.3) is 0 Å². The van der Waals surface area contributed by atoms with Crippen molar-refractivity contribution in [2.75, 3.05) is 19.8 Å². The minimum absolute atomic E-state index is 0.0118. The van der Waals surface area contributed by atoms with Crippen molar-refractivity contribution in [3.8, 4) is 0 Å². The Kier molecular flexibility index (Phi) is 7.49. The van der Waals surface area contributed by atoms with Gasteiger partial charge >= 0.3 is 0 Å². The molecule has 0 aromatic carbocycles. The number of hydrogen-bond donors (Lipinski definition) is 1. The van der Waals surface area contributed by atoms with Crippen LogP contribution in [-0.2, 0) is 9.47 Å². The number of ether oxygens (including phenoxy) is 2. The third-order valence-corrected chi connectivity index (χ3v) is 4.78. The molecule has 3 atom stereocenters. The highest BCUT2D eigenvalue weighted by Gasteiger charge is 2.36. The molecule has 1 N–H and O–H groups in total. The van der Waals surface area contributed by atoms with E-state index in [1.807, 2.05) is 0 Å². The molecule has 1 aliphatic carbocycles. The van der Waals surface area contributed by atoms with Gasteiger partial charge in [0, 0.05) is 6.61 Å². The van der Waals surface area contributed by atoms with Gasteiger partial charge in [0.15, 0.2) is 0 Å². The molecule has 0 spiro atoms. The minimum Gasteiger partial charge on any atom is -0.390 e. The van der Waals surface area contributed by atoms with Crippen LogP contribution in [0.2, 0.25) is 0 Å². The number of aliphatic hydroxyl groups excluding tert-OH is 1. The van der Waals surface area contributed by atoms with Gasteiger partial charge in [-0.25, -0.2) is 0 Å². The summed E-state index contributed by atoms with van der Waals surface area (Å²) in [4.78, 5) is 0. The smallest absolute Gasteiger partial charge is 0.0837 e. The van der Waals surface area contributed by atoms with Crippen LogP contribution >= 0.6 is 0 Å². The van der Waals surface area contributed by atoms with E-state index in [1.54, 1.807) is 0 Å². The normalized spacial score (nSPS) is 28.1. The number of hydrogen-bond acceptors (Lipinski definition) is 3. The first-order valence-corrected chi connectivity index (χ1v) is 8.24. The molecule has 20 heavy (non-hydrogen) atoms. The topological polar surface area (TPSA) is 38.7 Å². The van der Waals surface area contributed by atoms with Gasteiger partial charge in [-0.1, -0.05) is 41.0 Å². The molecular weight excluding hydrogens is 252 g/mol. The van der Waals surface area contributed by atoms with Crippen LogP contribution in [0.1, 0.15) is 60.3 Å². The average molecular weight is 286 g/mol. The molecule has 0 heterocycles. The van der Waals surface area contributed by atoms with Crippen molar-refractivity contribution < 1.29 is 14.6 Å². The molecule has 0 saturated heterocycles. The summed E-state index contributed by atoms with van der Waals surface area (Å²) in [5.41, 5.74) is 0.343. The fraction of sp³-hybridized carbons (Fsp3) is 1.00. The first kappa shape index (κ1) is 17.9. The van der Waals surface area contributed by atoms with E-state index in [0.29, 0.717) is 30.5 Å². The second-order valence-electron chi connectivity index (χ2n) is 7.30. The summed E-state index contributed by atoms with van der Waals surface area (Å²) in [5.74, 6) is 1.21. The molecule has 0 aliphatic heterocycles. The first-order valence-electron chi connectivity index (χ1n) is 8.24. The predicted octanol–water partition coefficient (Wildman–Crippen LogP) is 3.64.